The number of aromatic nitrogens is 3. The van der Waals surface area contributed by atoms with Gasteiger partial charge in [-0.2, -0.15) is 5.10 Å². The van der Waals surface area contributed by atoms with Crippen LogP contribution in [-0.4, -0.2) is 43.8 Å². The van der Waals surface area contributed by atoms with Crippen LogP contribution in [0.2, 0.25) is 0 Å². The normalized spacial score (nSPS) is 20.6. The van der Waals surface area contributed by atoms with E-state index in [0.717, 1.165) is 5.56 Å². The molecule has 1 aliphatic heterocycles. The van der Waals surface area contributed by atoms with Gasteiger partial charge in [0.15, 0.2) is 0 Å². The number of piperidine rings is 1. The number of pyridine rings is 1. The van der Waals surface area contributed by atoms with Gasteiger partial charge in [0.25, 0.3) is 0 Å². The molecule has 132 valence electrons. The maximum absolute atomic E-state index is 12.6. The molecule has 0 aliphatic carbocycles. The van der Waals surface area contributed by atoms with E-state index < -0.39 is 17.9 Å². The number of ether oxygens (including phenoxy) is 1. The Labute approximate surface area is 145 Å². The number of carboxylic acids is 1. The second-order valence-electron chi connectivity index (χ2n) is 6.00. The van der Waals surface area contributed by atoms with Crippen LogP contribution in [-0.2, 0) is 23.2 Å². The number of amides is 1. The van der Waals surface area contributed by atoms with Crippen LogP contribution in [0.1, 0.15) is 30.1 Å². The van der Waals surface area contributed by atoms with Crippen LogP contribution in [0.15, 0.2) is 30.6 Å². The summed E-state index contributed by atoms with van der Waals surface area (Å²) in [6.07, 6.45) is 3.73. The van der Waals surface area contributed by atoms with Gasteiger partial charge in [0, 0.05) is 31.4 Å². The quantitative estimate of drug-likeness (QED) is 0.880. The molecule has 0 unspecified atom stereocenters. The van der Waals surface area contributed by atoms with E-state index >= 15 is 0 Å². The van der Waals surface area contributed by atoms with Crippen molar-refractivity contribution >= 4 is 11.9 Å². The van der Waals surface area contributed by atoms with Crippen molar-refractivity contribution in [1.82, 2.24) is 19.7 Å². The summed E-state index contributed by atoms with van der Waals surface area (Å²) in [7, 11) is 3.26. The van der Waals surface area contributed by atoms with E-state index in [1.165, 1.54) is 7.11 Å². The molecule has 25 heavy (non-hydrogen) atoms. The summed E-state index contributed by atoms with van der Waals surface area (Å²) in [5.74, 6) is -1.26. The topological polar surface area (TPSA) is 97.6 Å². The molecule has 0 aromatic carbocycles. The number of carboxylic acid groups (broad SMARTS) is 1. The van der Waals surface area contributed by atoms with Crippen molar-refractivity contribution < 1.29 is 19.4 Å². The third-order valence-corrected chi connectivity index (χ3v) is 4.57. The maximum atomic E-state index is 12.6. The van der Waals surface area contributed by atoms with E-state index in [1.807, 2.05) is 6.07 Å². The number of rotatable bonds is 5. The molecule has 1 N–H and O–H groups in total. The first-order chi connectivity index (χ1) is 12.0. The zero-order valence-electron chi connectivity index (χ0n) is 14.1. The van der Waals surface area contributed by atoms with Gasteiger partial charge in [0.05, 0.1) is 31.3 Å². The summed E-state index contributed by atoms with van der Waals surface area (Å²) < 4.78 is 6.88. The predicted octanol–water partition coefficient (Wildman–Crippen LogP) is 1.39. The molecule has 2 atom stereocenters. The van der Waals surface area contributed by atoms with Crippen molar-refractivity contribution in [2.24, 2.45) is 13.0 Å². The van der Waals surface area contributed by atoms with Gasteiger partial charge in [0.2, 0.25) is 11.8 Å². The van der Waals surface area contributed by atoms with Gasteiger partial charge in [-0.05, 0) is 18.6 Å². The summed E-state index contributed by atoms with van der Waals surface area (Å²) in [6.45, 7) is 0.232. The van der Waals surface area contributed by atoms with E-state index in [-0.39, 0.29) is 18.9 Å². The van der Waals surface area contributed by atoms with Crippen LogP contribution in [0.3, 0.4) is 0 Å². The van der Waals surface area contributed by atoms with E-state index in [9.17, 15) is 14.7 Å². The minimum absolute atomic E-state index is 0.0883. The molecule has 8 nitrogen and oxygen atoms in total. The molecule has 2 aromatic heterocycles. The van der Waals surface area contributed by atoms with Crippen LogP contribution < -0.4 is 4.74 Å². The van der Waals surface area contributed by atoms with Crippen molar-refractivity contribution in [3.05, 3.63) is 41.9 Å². The Morgan fingerprint density at radius 1 is 1.40 bits per heavy atom. The molecule has 1 fully saturated rings. The zero-order valence-corrected chi connectivity index (χ0v) is 14.1. The Hall–Kier alpha value is -2.90. The summed E-state index contributed by atoms with van der Waals surface area (Å²) in [4.78, 5) is 30.2. The maximum Gasteiger partial charge on any atom is 0.309 e. The summed E-state index contributed by atoms with van der Waals surface area (Å²) in [6, 6.07) is 4.76. The van der Waals surface area contributed by atoms with Crippen LogP contribution in [0.5, 0.6) is 5.88 Å². The van der Waals surface area contributed by atoms with Gasteiger partial charge in [-0.15, -0.1) is 0 Å². The van der Waals surface area contributed by atoms with Gasteiger partial charge in [0.1, 0.15) is 0 Å². The number of hydrogen-bond acceptors (Lipinski definition) is 5. The third kappa shape index (κ3) is 3.19. The minimum Gasteiger partial charge on any atom is -0.481 e. The second kappa shape index (κ2) is 6.92. The van der Waals surface area contributed by atoms with E-state index in [2.05, 4.69) is 10.1 Å². The second-order valence-corrected chi connectivity index (χ2v) is 6.00. The lowest BCUT2D eigenvalue weighted by Crippen LogP contribution is -2.45. The van der Waals surface area contributed by atoms with E-state index in [1.54, 1.807) is 41.2 Å². The molecule has 3 rings (SSSR count). The fourth-order valence-electron chi connectivity index (χ4n) is 3.35. The van der Waals surface area contributed by atoms with Gasteiger partial charge in [-0.3, -0.25) is 14.3 Å². The average Bonchev–Trinajstić information content (AvgIpc) is 3.02. The fraction of sp³-hybridized carbons (Fsp3) is 0.412. The number of aliphatic carboxylic acids is 1. The lowest BCUT2D eigenvalue weighted by molar-refractivity contribution is -0.152. The van der Waals surface area contributed by atoms with Crippen molar-refractivity contribution in [2.75, 3.05) is 7.11 Å². The number of aryl methyl sites for hydroxylation is 1. The van der Waals surface area contributed by atoms with Crippen molar-refractivity contribution in [3.8, 4) is 5.88 Å². The molecule has 1 amide bonds. The Morgan fingerprint density at radius 2 is 2.20 bits per heavy atom. The molecule has 2 aromatic rings. The third-order valence-electron chi connectivity index (χ3n) is 4.57. The molecular weight excluding hydrogens is 324 g/mol. The summed E-state index contributed by atoms with van der Waals surface area (Å²) in [5.41, 5.74) is 1.43. The number of methoxy groups -OCH3 is 1. The first-order valence-corrected chi connectivity index (χ1v) is 8.01. The number of hydrogen-bond donors (Lipinski definition) is 1. The molecule has 0 radical (unpaired) electrons. The molecule has 0 spiro atoms. The summed E-state index contributed by atoms with van der Waals surface area (Å²) >= 11 is 0. The minimum atomic E-state index is -0.915. The average molecular weight is 344 g/mol. The Balaban J connectivity index is 2.02. The molecule has 0 bridgehead atoms. The highest BCUT2D eigenvalue weighted by Gasteiger charge is 2.42. The highest BCUT2D eigenvalue weighted by atomic mass is 16.5. The first kappa shape index (κ1) is 16.9. The molecule has 3 heterocycles. The molecular formula is C17H20N4O4. The van der Waals surface area contributed by atoms with Gasteiger partial charge < -0.3 is 14.7 Å². The lowest BCUT2D eigenvalue weighted by atomic mass is 9.86. The smallest absolute Gasteiger partial charge is 0.309 e. The van der Waals surface area contributed by atoms with E-state index in [4.69, 9.17) is 4.74 Å². The van der Waals surface area contributed by atoms with Gasteiger partial charge in [-0.25, -0.2) is 4.98 Å². The SMILES string of the molecule is COc1ncccc1CN1C(=O)CC[C@H](C(=O)O)[C@H]1c1ccnn1C. The van der Waals surface area contributed by atoms with Gasteiger partial charge >= 0.3 is 5.97 Å². The molecule has 8 heteroatoms. The Morgan fingerprint density at radius 3 is 2.84 bits per heavy atom. The van der Waals surface area contributed by atoms with Crippen molar-refractivity contribution in [1.29, 1.82) is 0 Å². The standard InChI is InChI=1S/C17H20N4O4/c1-20-13(7-9-19-20)15-12(17(23)24)5-6-14(22)21(15)10-11-4-3-8-18-16(11)25-2/h3-4,7-9,12,15H,5-6,10H2,1-2H3,(H,23,24)/t12-,15-/m0/s1. The Bertz CT molecular complexity index is 788. The highest BCUT2D eigenvalue weighted by Crippen LogP contribution is 2.38. The highest BCUT2D eigenvalue weighted by molar-refractivity contribution is 5.81. The molecule has 1 aliphatic rings. The zero-order chi connectivity index (χ0) is 18.0. The lowest BCUT2D eigenvalue weighted by Gasteiger charge is -2.39. The van der Waals surface area contributed by atoms with Gasteiger partial charge in [-0.1, -0.05) is 6.07 Å². The monoisotopic (exact) mass is 344 g/mol. The van der Waals surface area contributed by atoms with E-state index in [0.29, 0.717) is 18.0 Å². The number of carbonyl (C=O) groups is 2. The van der Waals surface area contributed by atoms with Crippen molar-refractivity contribution in [2.45, 2.75) is 25.4 Å². The summed E-state index contributed by atoms with van der Waals surface area (Å²) in [5, 5.41) is 13.8. The van der Waals surface area contributed by atoms with Crippen molar-refractivity contribution in [3.63, 3.8) is 0 Å². The number of carbonyl (C=O) groups excluding carboxylic acids is 1. The van der Waals surface area contributed by atoms with Crippen LogP contribution in [0.25, 0.3) is 0 Å². The molecule has 1 saturated heterocycles. The predicted molar refractivity (Wildman–Crippen MR) is 87.6 cm³/mol. The fourth-order valence-corrected chi connectivity index (χ4v) is 3.35. The largest absolute Gasteiger partial charge is 0.481 e. The number of nitrogens with zero attached hydrogens (tertiary/aromatic N) is 4. The van der Waals surface area contributed by atoms with Crippen LogP contribution in [0, 0.1) is 5.92 Å². The molecule has 0 saturated carbocycles. The number of likely N-dealkylation sites (tertiary alicyclic amines) is 1. The van der Waals surface area contributed by atoms with Crippen LogP contribution in [0.4, 0.5) is 0 Å². The van der Waals surface area contributed by atoms with Crippen LogP contribution >= 0.6 is 0 Å². The first-order valence-electron chi connectivity index (χ1n) is 8.01. The Kier molecular flexibility index (Phi) is 4.69.